The summed E-state index contributed by atoms with van der Waals surface area (Å²) in [5, 5.41) is 0.503. The van der Waals surface area contributed by atoms with Crippen molar-refractivity contribution in [3.8, 4) is 0 Å². The van der Waals surface area contributed by atoms with E-state index < -0.39 is 9.83 Å². The Labute approximate surface area is 68.8 Å². The second kappa shape index (κ2) is 4.39. The Hall–Kier alpha value is 0.500. The zero-order valence-corrected chi connectivity index (χ0v) is 7.97. The van der Waals surface area contributed by atoms with Crippen LogP contribution in [0.3, 0.4) is 0 Å². The van der Waals surface area contributed by atoms with E-state index in [4.69, 9.17) is 0 Å². The summed E-state index contributed by atoms with van der Waals surface area (Å²) in [5.41, 5.74) is 0. The van der Waals surface area contributed by atoms with Crippen molar-refractivity contribution >= 4 is 20.6 Å². The van der Waals surface area contributed by atoms with Gasteiger partial charge in [0.05, 0.1) is 9.83 Å². The van der Waals surface area contributed by atoms with Gasteiger partial charge in [-0.15, -0.1) is 0 Å². The zero-order chi connectivity index (χ0) is 7.40. The molecule has 1 fully saturated rings. The van der Waals surface area contributed by atoms with Crippen LogP contribution in [-0.2, 0) is 9.83 Å². The van der Waals surface area contributed by atoms with Crippen LogP contribution >= 0.6 is 10.8 Å². The maximum Gasteiger partial charge on any atom is 0.0832 e. The Morgan fingerprint density at radius 1 is 1.30 bits per heavy atom. The molecule has 3 heteroatoms. The second-order valence-corrected chi connectivity index (χ2v) is 6.19. The summed E-state index contributed by atoms with van der Waals surface area (Å²) < 4.78 is 11.2. The Morgan fingerprint density at radius 2 is 1.90 bits per heavy atom. The fourth-order valence-corrected chi connectivity index (χ4v) is 3.78. The lowest BCUT2D eigenvalue weighted by Gasteiger charge is -2.19. The highest BCUT2D eigenvalue weighted by atomic mass is 33.1. The van der Waals surface area contributed by atoms with Gasteiger partial charge in [0.15, 0.2) is 0 Å². The van der Waals surface area contributed by atoms with Crippen LogP contribution in [0.4, 0.5) is 0 Å². The topological polar surface area (TPSA) is 17.1 Å². The van der Waals surface area contributed by atoms with Crippen molar-refractivity contribution in [1.82, 2.24) is 0 Å². The minimum absolute atomic E-state index is 0.503. The Balaban J connectivity index is 2.31. The lowest BCUT2D eigenvalue weighted by Crippen LogP contribution is -2.15. The van der Waals surface area contributed by atoms with Gasteiger partial charge in [0, 0.05) is 5.25 Å². The van der Waals surface area contributed by atoms with Crippen molar-refractivity contribution in [2.24, 2.45) is 0 Å². The molecule has 0 aromatic carbocycles. The maximum atomic E-state index is 11.2. The molecule has 0 N–H and O–H groups in total. The Kier molecular flexibility index (Phi) is 3.78. The van der Waals surface area contributed by atoms with Crippen molar-refractivity contribution in [3.63, 3.8) is 0 Å². The van der Waals surface area contributed by atoms with Crippen LogP contribution in [-0.4, -0.2) is 15.7 Å². The molecule has 1 rings (SSSR count). The Bertz CT molecular complexity index is 119. The molecule has 1 aliphatic rings. The highest BCUT2D eigenvalue weighted by Gasteiger charge is 2.18. The highest BCUT2D eigenvalue weighted by molar-refractivity contribution is 8.69. The number of hydrogen-bond acceptors (Lipinski definition) is 2. The van der Waals surface area contributed by atoms with Crippen LogP contribution in [0, 0.1) is 0 Å². The van der Waals surface area contributed by atoms with Crippen LogP contribution < -0.4 is 0 Å². The molecule has 0 aliphatic heterocycles. The second-order valence-electron chi connectivity index (χ2n) is 2.69. The van der Waals surface area contributed by atoms with E-state index in [0.29, 0.717) is 5.25 Å². The van der Waals surface area contributed by atoms with Gasteiger partial charge in [0.1, 0.15) is 0 Å². The van der Waals surface area contributed by atoms with Crippen LogP contribution in [0.2, 0.25) is 0 Å². The van der Waals surface area contributed by atoms with E-state index in [0.717, 1.165) is 0 Å². The van der Waals surface area contributed by atoms with Crippen LogP contribution in [0.5, 0.6) is 0 Å². The van der Waals surface area contributed by atoms with Crippen molar-refractivity contribution in [2.45, 2.75) is 37.4 Å². The molecule has 0 radical (unpaired) electrons. The molecule has 0 bridgehead atoms. The lowest BCUT2D eigenvalue weighted by molar-refractivity contribution is 0.508. The smallest absolute Gasteiger partial charge is 0.0832 e. The summed E-state index contributed by atoms with van der Waals surface area (Å²) in [6.07, 6.45) is 8.24. The SMILES string of the molecule is CSS(=O)C1CCCCC1. The maximum absolute atomic E-state index is 11.2. The molecule has 0 saturated heterocycles. The van der Waals surface area contributed by atoms with Crippen LogP contribution in [0.1, 0.15) is 32.1 Å². The summed E-state index contributed by atoms with van der Waals surface area (Å²) in [6.45, 7) is 0. The molecule has 0 heterocycles. The minimum Gasteiger partial charge on any atom is -0.248 e. The van der Waals surface area contributed by atoms with Gasteiger partial charge in [-0.25, -0.2) is 4.21 Å². The summed E-state index contributed by atoms with van der Waals surface area (Å²) in [5.74, 6) is 0. The summed E-state index contributed by atoms with van der Waals surface area (Å²) in [7, 11) is 0.907. The van der Waals surface area contributed by atoms with E-state index in [1.807, 2.05) is 6.26 Å². The summed E-state index contributed by atoms with van der Waals surface area (Å²) in [6, 6.07) is 0. The largest absolute Gasteiger partial charge is 0.248 e. The van der Waals surface area contributed by atoms with E-state index >= 15 is 0 Å². The van der Waals surface area contributed by atoms with Crippen molar-refractivity contribution in [2.75, 3.05) is 6.26 Å². The first kappa shape index (κ1) is 8.60. The van der Waals surface area contributed by atoms with E-state index in [9.17, 15) is 4.21 Å². The van der Waals surface area contributed by atoms with Crippen molar-refractivity contribution in [3.05, 3.63) is 0 Å². The monoisotopic (exact) mass is 178 g/mol. The first-order valence-electron chi connectivity index (χ1n) is 3.79. The summed E-state index contributed by atoms with van der Waals surface area (Å²) >= 11 is 0. The first-order chi connectivity index (χ1) is 4.84. The minimum atomic E-state index is -0.597. The fourth-order valence-electron chi connectivity index (χ4n) is 1.39. The van der Waals surface area contributed by atoms with Crippen molar-refractivity contribution < 1.29 is 4.21 Å². The molecule has 60 valence electrons. The molecule has 0 amide bonds. The van der Waals surface area contributed by atoms with Gasteiger partial charge in [-0.2, -0.15) is 0 Å². The predicted molar refractivity (Wildman–Crippen MR) is 48.5 cm³/mol. The average Bonchev–Trinajstić information content (AvgIpc) is 2.05. The quantitative estimate of drug-likeness (QED) is 0.604. The molecule has 0 aromatic heterocycles. The predicted octanol–water partition coefficient (Wildman–Crippen LogP) is 2.35. The molecule has 1 atom stereocenters. The Morgan fingerprint density at radius 3 is 2.40 bits per heavy atom. The van der Waals surface area contributed by atoms with E-state index in [-0.39, 0.29) is 0 Å². The standard InChI is InChI=1S/C7H14OS2/c1-9-10(8)7-5-3-2-4-6-7/h7H,2-6H2,1H3. The van der Waals surface area contributed by atoms with Gasteiger partial charge in [-0.3, -0.25) is 0 Å². The molecule has 1 unspecified atom stereocenters. The molecule has 10 heavy (non-hydrogen) atoms. The molecule has 1 aliphatic carbocycles. The van der Waals surface area contributed by atoms with Gasteiger partial charge in [0.2, 0.25) is 0 Å². The lowest BCUT2D eigenvalue weighted by atomic mass is 10.0. The van der Waals surface area contributed by atoms with E-state index in [1.165, 1.54) is 42.9 Å². The third-order valence-electron chi connectivity index (χ3n) is 1.99. The molecular formula is C7H14OS2. The molecule has 0 aromatic rings. The van der Waals surface area contributed by atoms with Gasteiger partial charge in [-0.05, 0) is 19.1 Å². The van der Waals surface area contributed by atoms with Gasteiger partial charge in [-0.1, -0.05) is 30.1 Å². The average molecular weight is 178 g/mol. The van der Waals surface area contributed by atoms with Crippen molar-refractivity contribution in [1.29, 1.82) is 0 Å². The molecule has 1 saturated carbocycles. The zero-order valence-electron chi connectivity index (χ0n) is 6.34. The van der Waals surface area contributed by atoms with Crippen LogP contribution in [0.15, 0.2) is 0 Å². The number of hydrogen-bond donors (Lipinski definition) is 0. The van der Waals surface area contributed by atoms with Gasteiger partial charge < -0.3 is 0 Å². The summed E-state index contributed by atoms with van der Waals surface area (Å²) in [4.78, 5) is 0. The van der Waals surface area contributed by atoms with Crippen LogP contribution in [0.25, 0.3) is 0 Å². The van der Waals surface area contributed by atoms with Gasteiger partial charge >= 0.3 is 0 Å². The van der Waals surface area contributed by atoms with E-state index in [2.05, 4.69) is 0 Å². The third-order valence-corrected chi connectivity index (χ3v) is 5.13. The molecular weight excluding hydrogens is 164 g/mol. The normalized spacial score (nSPS) is 24.5. The van der Waals surface area contributed by atoms with Gasteiger partial charge in [0.25, 0.3) is 0 Å². The molecule has 0 spiro atoms. The first-order valence-corrected chi connectivity index (χ1v) is 6.75. The highest BCUT2D eigenvalue weighted by Crippen LogP contribution is 2.25. The van der Waals surface area contributed by atoms with E-state index in [1.54, 1.807) is 0 Å². The fraction of sp³-hybridized carbons (Fsp3) is 1.00. The number of rotatable bonds is 2. The third kappa shape index (κ3) is 2.27. The molecule has 1 nitrogen and oxygen atoms in total.